The lowest BCUT2D eigenvalue weighted by Crippen LogP contribution is -2.28. The number of thiophene rings is 1. The van der Waals surface area contributed by atoms with Gasteiger partial charge in [0.2, 0.25) is 5.16 Å². The van der Waals surface area contributed by atoms with Gasteiger partial charge in [-0.05, 0) is 58.3 Å². The first-order valence-electron chi connectivity index (χ1n) is 9.33. The number of carbonyl (C=O) groups excluding carboxylic acids is 1. The number of hydrogen-bond acceptors (Lipinski definition) is 8. The number of rotatable bonds is 6. The Hall–Kier alpha value is -2.95. The number of hydrazone groups is 1. The summed E-state index contributed by atoms with van der Waals surface area (Å²) >= 11 is 8.81. The molecule has 4 aromatic rings. The minimum atomic E-state index is -0.271. The van der Waals surface area contributed by atoms with Crippen LogP contribution < -0.4 is 0 Å². The summed E-state index contributed by atoms with van der Waals surface area (Å²) in [5.41, 5.74) is 1.64. The molecule has 4 heterocycles. The van der Waals surface area contributed by atoms with Crippen molar-refractivity contribution in [2.45, 2.75) is 17.6 Å². The lowest BCUT2D eigenvalue weighted by Gasteiger charge is -2.19. The number of amides is 1. The first kappa shape index (κ1) is 20.0. The molecule has 1 aliphatic heterocycles. The lowest BCUT2D eigenvalue weighted by atomic mass is 10.1. The van der Waals surface area contributed by atoms with Crippen molar-refractivity contribution in [1.82, 2.24) is 25.2 Å². The maximum absolute atomic E-state index is 13.1. The standard InChI is InChI=1S/C20H15ClN6O2S2/c21-13-5-7-14(8-6-13)26-20(22-24-25-26)31-12-19(28)27-16(17-3-1-9-29-17)11-15(23-27)18-4-2-10-30-18/h1-10,16H,11-12H2/t16-/m0/s1. The van der Waals surface area contributed by atoms with E-state index in [0.717, 1.165) is 16.3 Å². The van der Waals surface area contributed by atoms with Gasteiger partial charge in [-0.15, -0.1) is 16.4 Å². The van der Waals surface area contributed by atoms with E-state index in [1.165, 1.54) is 16.8 Å². The minimum absolute atomic E-state index is 0.131. The lowest BCUT2D eigenvalue weighted by molar-refractivity contribution is -0.130. The Labute approximate surface area is 190 Å². The van der Waals surface area contributed by atoms with Gasteiger partial charge in [-0.25, -0.2) is 5.01 Å². The quantitative estimate of drug-likeness (QED) is 0.387. The maximum Gasteiger partial charge on any atom is 0.253 e. The first-order chi connectivity index (χ1) is 15.2. The van der Waals surface area contributed by atoms with Crippen LogP contribution in [0.25, 0.3) is 5.69 Å². The Morgan fingerprint density at radius 1 is 1.23 bits per heavy atom. The molecule has 1 amide bonds. The molecule has 0 spiro atoms. The summed E-state index contributed by atoms with van der Waals surface area (Å²) in [6.07, 6.45) is 2.21. The number of tetrazole rings is 1. The highest BCUT2D eigenvalue weighted by atomic mass is 35.5. The number of furan rings is 1. The molecule has 0 bridgehead atoms. The average molecular weight is 471 g/mol. The molecule has 0 unspecified atom stereocenters. The molecule has 0 N–H and O–H groups in total. The second-order valence-corrected chi connectivity index (χ2v) is 8.96. The second-order valence-electron chi connectivity index (χ2n) is 6.64. The number of thioether (sulfide) groups is 1. The normalized spacial score (nSPS) is 16.0. The van der Waals surface area contributed by atoms with Gasteiger partial charge >= 0.3 is 0 Å². The smallest absolute Gasteiger partial charge is 0.253 e. The van der Waals surface area contributed by atoms with Crippen LogP contribution in [0.2, 0.25) is 5.02 Å². The second kappa shape index (κ2) is 8.66. The maximum atomic E-state index is 13.1. The van der Waals surface area contributed by atoms with Crippen molar-refractivity contribution in [3.63, 3.8) is 0 Å². The number of carbonyl (C=O) groups is 1. The summed E-state index contributed by atoms with van der Waals surface area (Å²) in [7, 11) is 0. The number of nitrogens with zero attached hydrogens (tertiary/aromatic N) is 6. The van der Waals surface area contributed by atoms with Crippen molar-refractivity contribution in [2.24, 2.45) is 5.10 Å². The van der Waals surface area contributed by atoms with E-state index in [1.807, 2.05) is 41.8 Å². The zero-order valence-electron chi connectivity index (χ0n) is 16.0. The Bertz CT molecular complexity index is 1210. The molecule has 0 saturated heterocycles. The van der Waals surface area contributed by atoms with E-state index in [9.17, 15) is 4.79 Å². The van der Waals surface area contributed by atoms with Crippen LogP contribution in [0.3, 0.4) is 0 Å². The fraction of sp³-hybridized carbons (Fsp3) is 0.150. The average Bonchev–Trinajstić information content (AvgIpc) is 3.58. The third-order valence-electron chi connectivity index (χ3n) is 4.68. The van der Waals surface area contributed by atoms with E-state index in [-0.39, 0.29) is 17.7 Å². The van der Waals surface area contributed by atoms with Gasteiger partial charge < -0.3 is 4.42 Å². The molecule has 1 aromatic carbocycles. The molecule has 156 valence electrons. The van der Waals surface area contributed by atoms with Crippen LogP contribution in [-0.4, -0.2) is 42.6 Å². The van der Waals surface area contributed by atoms with Crippen molar-refractivity contribution < 1.29 is 9.21 Å². The van der Waals surface area contributed by atoms with Crippen LogP contribution in [-0.2, 0) is 4.79 Å². The highest BCUT2D eigenvalue weighted by Gasteiger charge is 2.35. The largest absolute Gasteiger partial charge is 0.467 e. The molecule has 1 aliphatic rings. The van der Waals surface area contributed by atoms with E-state index in [2.05, 4.69) is 20.6 Å². The van der Waals surface area contributed by atoms with Gasteiger partial charge in [0.25, 0.3) is 5.91 Å². The molecular formula is C20H15ClN6O2S2. The topological polar surface area (TPSA) is 89.4 Å². The van der Waals surface area contributed by atoms with Crippen LogP contribution >= 0.6 is 34.7 Å². The fourth-order valence-electron chi connectivity index (χ4n) is 3.24. The van der Waals surface area contributed by atoms with E-state index in [0.29, 0.717) is 22.4 Å². The summed E-state index contributed by atoms with van der Waals surface area (Å²) < 4.78 is 7.15. The van der Waals surface area contributed by atoms with Gasteiger partial charge in [0.15, 0.2) is 0 Å². The number of aromatic nitrogens is 4. The highest BCUT2D eigenvalue weighted by Crippen LogP contribution is 2.34. The van der Waals surface area contributed by atoms with Crippen LogP contribution in [0.5, 0.6) is 0 Å². The fourth-order valence-corrected chi connectivity index (χ4v) is 4.83. The predicted molar refractivity (Wildman–Crippen MR) is 119 cm³/mol. The summed E-state index contributed by atoms with van der Waals surface area (Å²) in [5, 5.41) is 21.1. The van der Waals surface area contributed by atoms with Gasteiger partial charge in [0, 0.05) is 11.4 Å². The van der Waals surface area contributed by atoms with Crippen molar-refractivity contribution >= 4 is 46.3 Å². The molecule has 31 heavy (non-hydrogen) atoms. The van der Waals surface area contributed by atoms with Crippen LogP contribution in [0.15, 0.2) is 74.8 Å². The Morgan fingerprint density at radius 3 is 2.84 bits per heavy atom. The summed E-state index contributed by atoms with van der Waals surface area (Å²) in [6.45, 7) is 0. The summed E-state index contributed by atoms with van der Waals surface area (Å²) in [5.74, 6) is 0.690. The molecule has 3 aromatic heterocycles. The zero-order valence-corrected chi connectivity index (χ0v) is 18.3. The van der Waals surface area contributed by atoms with E-state index < -0.39 is 0 Å². The number of hydrogen-bond donors (Lipinski definition) is 0. The third-order valence-corrected chi connectivity index (χ3v) is 6.75. The van der Waals surface area contributed by atoms with Gasteiger partial charge in [-0.1, -0.05) is 29.4 Å². The van der Waals surface area contributed by atoms with Crippen LogP contribution in [0.1, 0.15) is 23.1 Å². The molecule has 0 saturated carbocycles. The number of benzene rings is 1. The van der Waals surface area contributed by atoms with Crippen molar-refractivity contribution in [3.05, 3.63) is 75.8 Å². The Balaban J connectivity index is 1.34. The molecule has 1 atom stereocenters. The molecule has 0 fully saturated rings. The van der Waals surface area contributed by atoms with Crippen LogP contribution in [0, 0.1) is 0 Å². The first-order valence-corrected chi connectivity index (χ1v) is 11.6. The van der Waals surface area contributed by atoms with Crippen molar-refractivity contribution in [2.75, 3.05) is 5.75 Å². The third kappa shape index (κ3) is 4.14. The number of halogens is 1. The Kier molecular flexibility index (Phi) is 5.58. The highest BCUT2D eigenvalue weighted by molar-refractivity contribution is 7.99. The Morgan fingerprint density at radius 2 is 2.10 bits per heavy atom. The molecule has 5 rings (SSSR count). The van der Waals surface area contributed by atoms with Gasteiger partial charge in [0.1, 0.15) is 11.8 Å². The van der Waals surface area contributed by atoms with E-state index >= 15 is 0 Å². The summed E-state index contributed by atoms with van der Waals surface area (Å²) in [4.78, 5) is 14.2. The van der Waals surface area contributed by atoms with E-state index in [1.54, 1.807) is 34.4 Å². The summed E-state index contributed by atoms with van der Waals surface area (Å²) in [6, 6.07) is 14.5. The molecular weight excluding hydrogens is 456 g/mol. The molecule has 11 heteroatoms. The van der Waals surface area contributed by atoms with Gasteiger partial charge in [-0.2, -0.15) is 9.78 Å². The SMILES string of the molecule is O=C(CSc1nnnn1-c1ccc(Cl)cc1)N1N=C(c2cccs2)C[C@H]1c1ccco1. The molecule has 0 radical (unpaired) electrons. The van der Waals surface area contributed by atoms with Gasteiger partial charge in [0.05, 0.1) is 28.3 Å². The minimum Gasteiger partial charge on any atom is -0.467 e. The van der Waals surface area contributed by atoms with Crippen molar-refractivity contribution in [3.8, 4) is 5.69 Å². The van der Waals surface area contributed by atoms with Crippen LogP contribution in [0.4, 0.5) is 0 Å². The monoisotopic (exact) mass is 470 g/mol. The van der Waals surface area contributed by atoms with E-state index in [4.69, 9.17) is 16.0 Å². The molecule has 0 aliphatic carbocycles. The van der Waals surface area contributed by atoms with Gasteiger partial charge in [-0.3, -0.25) is 4.79 Å². The predicted octanol–water partition coefficient (Wildman–Crippen LogP) is 4.44. The zero-order chi connectivity index (χ0) is 21.2. The molecule has 8 nitrogen and oxygen atoms in total. The van der Waals surface area contributed by atoms with Crippen molar-refractivity contribution in [1.29, 1.82) is 0 Å².